The smallest absolute Gasteiger partial charge is 0.155 e. The Labute approximate surface area is 87.9 Å². The molecule has 4 unspecified atom stereocenters. The molecule has 0 bridgehead atoms. The summed E-state index contributed by atoms with van der Waals surface area (Å²) in [6, 6.07) is 0. The molecule has 7 heteroatoms. The predicted octanol–water partition coefficient (Wildman–Crippen LogP) is -2.69. The van der Waals surface area contributed by atoms with Crippen molar-refractivity contribution in [2.45, 2.75) is 37.4 Å². The average molecular weight is 225 g/mol. The molecule has 7 nitrogen and oxygen atoms in total. The topological polar surface area (TPSA) is 122 Å². The molecule has 0 aromatic carbocycles. The first-order chi connectivity index (χ1) is 7.15. The number of hydroxylamine groups is 1. The second-order valence-electron chi connectivity index (χ2n) is 3.12. The van der Waals surface area contributed by atoms with Crippen molar-refractivity contribution in [1.82, 2.24) is 5.48 Å². The summed E-state index contributed by atoms with van der Waals surface area (Å²) in [5, 5.41) is 43.4. The summed E-state index contributed by atoms with van der Waals surface area (Å²) in [7, 11) is 1.00. The van der Waals surface area contributed by atoms with Crippen molar-refractivity contribution in [3.63, 3.8) is 0 Å². The first kappa shape index (κ1) is 14.7. The summed E-state index contributed by atoms with van der Waals surface area (Å²) in [5.41, 5.74) is 2.15. The highest BCUT2D eigenvalue weighted by Crippen LogP contribution is 2.12. The molecule has 92 valence electrons. The first-order valence-corrected chi connectivity index (χ1v) is 4.66. The normalized spacial score (nSPS) is 37.2. The molecule has 0 aromatic heterocycles. The molecule has 1 aliphatic rings. The van der Waals surface area contributed by atoms with Crippen LogP contribution in [0.25, 0.3) is 0 Å². The van der Waals surface area contributed by atoms with E-state index in [4.69, 9.17) is 20.2 Å². The number of hydrogen-bond donors (Lipinski definition) is 6. The van der Waals surface area contributed by atoms with Crippen LogP contribution in [0, 0.1) is 0 Å². The molecule has 6 N–H and O–H groups in total. The lowest BCUT2D eigenvalue weighted by atomic mass is 10.0. The largest absolute Gasteiger partial charge is 0.400 e. The third-order valence-electron chi connectivity index (χ3n) is 2.06. The summed E-state index contributed by atoms with van der Waals surface area (Å²) in [6.07, 6.45) is -3.35. The summed E-state index contributed by atoms with van der Waals surface area (Å²) in [6.45, 7) is -0.192. The number of hydrogen-bond acceptors (Lipinski definition) is 7. The van der Waals surface area contributed by atoms with Crippen LogP contribution in [-0.4, -0.2) is 63.8 Å². The molecule has 1 saturated heterocycles. The Bertz CT molecular complexity index is 144. The maximum absolute atomic E-state index is 9.28. The Hall–Kier alpha value is -0.280. The summed E-state index contributed by atoms with van der Waals surface area (Å²) < 4.78 is 0. The van der Waals surface area contributed by atoms with Crippen LogP contribution in [0.3, 0.4) is 0 Å². The van der Waals surface area contributed by atoms with E-state index in [0.717, 1.165) is 7.11 Å². The van der Waals surface area contributed by atoms with Crippen LogP contribution in [0.2, 0.25) is 0 Å². The van der Waals surface area contributed by atoms with E-state index in [1.54, 1.807) is 0 Å². The van der Waals surface area contributed by atoms with Gasteiger partial charge in [0.2, 0.25) is 0 Å². The van der Waals surface area contributed by atoms with Crippen molar-refractivity contribution < 1.29 is 30.4 Å². The highest BCUT2D eigenvalue weighted by atomic mass is 16.7. The van der Waals surface area contributed by atoms with E-state index in [1.165, 1.54) is 0 Å². The molecule has 1 fully saturated rings. The zero-order chi connectivity index (χ0) is 11.8. The fraction of sp³-hybridized carbons (Fsp3) is 1.00. The van der Waals surface area contributed by atoms with Gasteiger partial charge in [-0.05, 0) is 12.8 Å². The lowest BCUT2D eigenvalue weighted by Crippen LogP contribution is -2.50. The maximum Gasteiger partial charge on any atom is 0.155 e. The van der Waals surface area contributed by atoms with Gasteiger partial charge >= 0.3 is 0 Å². The van der Waals surface area contributed by atoms with Crippen LogP contribution in [0.4, 0.5) is 0 Å². The molecular formula is C8H19NO6. The van der Waals surface area contributed by atoms with Crippen LogP contribution in [0.5, 0.6) is 0 Å². The first-order valence-electron chi connectivity index (χ1n) is 4.66. The lowest BCUT2D eigenvalue weighted by Gasteiger charge is -2.29. The van der Waals surface area contributed by atoms with E-state index in [9.17, 15) is 10.2 Å². The monoisotopic (exact) mass is 225 g/mol. The van der Waals surface area contributed by atoms with Gasteiger partial charge < -0.3 is 25.5 Å². The maximum atomic E-state index is 9.28. The van der Waals surface area contributed by atoms with Gasteiger partial charge in [0.25, 0.3) is 0 Å². The molecule has 15 heavy (non-hydrogen) atoms. The van der Waals surface area contributed by atoms with Crippen LogP contribution in [0.1, 0.15) is 12.8 Å². The quantitative estimate of drug-likeness (QED) is 0.287. The Kier molecular flexibility index (Phi) is 7.79. The predicted molar refractivity (Wildman–Crippen MR) is 50.5 cm³/mol. The third kappa shape index (κ3) is 4.85. The third-order valence-corrected chi connectivity index (χ3v) is 2.06. The summed E-state index contributed by atoms with van der Waals surface area (Å²) in [4.78, 5) is 4.84. The SMILES string of the molecule is CO.OCC1CCC(O)C(O)C(O)NO1. The molecule has 0 amide bonds. The highest BCUT2D eigenvalue weighted by Gasteiger charge is 2.28. The van der Waals surface area contributed by atoms with E-state index in [1.807, 2.05) is 0 Å². The van der Waals surface area contributed by atoms with Gasteiger partial charge in [-0.25, -0.2) is 0 Å². The molecule has 0 spiro atoms. The fourth-order valence-corrected chi connectivity index (χ4v) is 1.16. The van der Waals surface area contributed by atoms with Crippen molar-refractivity contribution in [3.05, 3.63) is 0 Å². The van der Waals surface area contributed by atoms with Crippen molar-refractivity contribution in [3.8, 4) is 0 Å². The Balaban J connectivity index is 0.000000921. The molecular weight excluding hydrogens is 206 g/mol. The van der Waals surface area contributed by atoms with Gasteiger partial charge in [-0.15, -0.1) is 0 Å². The number of aliphatic hydroxyl groups is 5. The van der Waals surface area contributed by atoms with Crippen molar-refractivity contribution in [2.24, 2.45) is 0 Å². The van der Waals surface area contributed by atoms with E-state index < -0.39 is 24.5 Å². The highest BCUT2D eigenvalue weighted by molar-refractivity contribution is 4.75. The van der Waals surface area contributed by atoms with Gasteiger partial charge in [-0.3, -0.25) is 4.84 Å². The molecule has 1 rings (SSSR count). The molecule has 4 atom stereocenters. The number of aliphatic hydroxyl groups excluding tert-OH is 5. The van der Waals surface area contributed by atoms with Crippen LogP contribution in [0.15, 0.2) is 0 Å². The van der Waals surface area contributed by atoms with Crippen LogP contribution < -0.4 is 5.48 Å². The minimum Gasteiger partial charge on any atom is -0.400 e. The zero-order valence-corrected chi connectivity index (χ0v) is 8.58. The second-order valence-corrected chi connectivity index (χ2v) is 3.12. The number of rotatable bonds is 1. The Morgan fingerprint density at radius 1 is 1.20 bits per heavy atom. The van der Waals surface area contributed by atoms with Crippen molar-refractivity contribution in [1.29, 1.82) is 0 Å². The van der Waals surface area contributed by atoms with E-state index in [2.05, 4.69) is 5.48 Å². The Morgan fingerprint density at radius 3 is 2.33 bits per heavy atom. The summed E-state index contributed by atoms with van der Waals surface area (Å²) in [5.74, 6) is 0. The molecule has 1 heterocycles. The lowest BCUT2D eigenvalue weighted by molar-refractivity contribution is -0.180. The van der Waals surface area contributed by atoms with Gasteiger partial charge in [0.1, 0.15) is 12.2 Å². The standard InChI is InChI=1S/C7H15NO5.CH4O/c9-3-4-1-2-5(10)6(11)7(12)8-13-4;1-2/h4-12H,1-3H2;2H,1H3. The van der Waals surface area contributed by atoms with Gasteiger partial charge in [-0.1, -0.05) is 0 Å². The minimum absolute atomic E-state index is 0.192. The molecule has 0 aliphatic carbocycles. The van der Waals surface area contributed by atoms with Gasteiger partial charge in [0.05, 0.1) is 12.7 Å². The molecule has 0 saturated carbocycles. The van der Waals surface area contributed by atoms with Gasteiger partial charge in [-0.2, -0.15) is 5.48 Å². The van der Waals surface area contributed by atoms with E-state index in [-0.39, 0.29) is 13.0 Å². The zero-order valence-electron chi connectivity index (χ0n) is 8.58. The minimum atomic E-state index is -1.33. The fourth-order valence-electron chi connectivity index (χ4n) is 1.16. The van der Waals surface area contributed by atoms with Crippen molar-refractivity contribution >= 4 is 0 Å². The van der Waals surface area contributed by atoms with E-state index in [0.29, 0.717) is 6.42 Å². The van der Waals surface area contributed by atoms with Crippen LogP contribution >= 0.6 is 0 Å². The van der Waals surface area contributed by atoms with Crippen molar-refractivity contribution in [2.75, 3.05) is 13.7 Å². The molecule has 1 aliphatic heterocycles. The molecule has 0 aromatic rings. The van der Waals surface area contributed by atoms with E-state index >= 15 is 0 Å². The van der Waals surface area contributed by atoms with Gasteiger partial charge in [0.15, 0.2) is 6.23 Å². The second kappa shape index (κ2) is 7.94. The van der Waals surface area contributed by atoms with Gasteiger partial charge in [0, 0.05) is 7.11 Å². The van der Waals surface area contributed by atoms with Crippen LogP contribution in [-0.2, 0) is 4.84 Å². The Morgan fingerprint density at radius 2 is 1.80 bits per heavy atom. The molecule has 0 radical (unpaired) electrons. The number of nitrogens with one attached hydrogen (secondary N) is 1. The average Bonchev–Trinajstić information content (AvgIpc) is 2.29. The summed E-state index contributed by atoms with van der Waals surface area (Å²) >= 11 is 0.